The Kier molecular flexibility index (Phi) is 5.55. The predicted octanol–water partition coefficient (Wildman–Crippen LogP) is 4.42. The molecular weight excluding hydrogens is 367 g/mol. The number of Topliss-reactive ketones (excluding diaryl/α,β-unsaturated/α-hetero) is 1. The zero-order valence-electron chi connectivity index (χ0n) is 15.0. The second kappa shape index (κ2) is 7.89. The molecule has 1 amide bonds. The first kappa shape index (κ1) is 19.7. The van der Waals surface area contributed by atoms with Gasteiger partial charge < -0.3 is 4.90 Å². The lowest BCUT2D eigenvalue weighted by Crippen LogP contribution is -2.42. The number of hydrogen-bond donors (Lipinski definition) is 0. The van der Waals surface area contributed by atoms with Gasteiger partial charge in [-0.1, -0.05) is 24.1 Å². The van der Waals surface area contributed by atoms with Crippen LogP contribution in [-0.4, -0.2) is 29.7 Å². The fourth-order valence-corrected chi connectivity index (χ4v) is 3.36. The SMILES string of the molecule is C#Cc1cccc(C(=O)N2CCC[C@@H](C(=O)c3ccc(C(F)(F)F)cc3)C2)c1. The number of rotatable bonds is 3. The number of piperidine rings is 1. The van der Waals surface area contributed by atoms with Crippen LogP contribution in [0.5, 0.6) is 0 Å². The average molecular weight is 385 g/mol. The molecule has 1 aliphatic rings. The molecule has 1 saturated heterocycles. The van der Waals surface area contributed by atoms with Crippen LogP contribution in [0.25, 0.3) is 0 Å². The van der Waals surface area contributed by atoms with E-state index in [1.807, 2.05) is 0 Å². The van der Waals surface area contributed by atoms with Crippen molar-refractivity contribution >= 4 is 11.7 Å². The van der Waals surface area contributed by atoms with Gasteiger partial charge in [-0.25, -0.2) is 0 Å². The summed E-state index contributed by atoms with van der Waals surface area (Å²) in [4.78, 5) is 27.1. The molecule has 28 heavy (non-hydrogen) atoms. The van der Waals surface area contributed by atoms with Gasteiger partial charge in [0.15, 0.2) is 5.78 Å². The molecule has 0 aromatic heterocycles. The highest BCUT2D eigenvalue weighted by Gasteiger charge is 2.32. The number of likely N-dealkylation sites (tertiary alicyclic amines) is 1. The van der Waals surface area contributed by atoms with Crippen molar-refractivity contribution in [3.05, 3.63) is 70.8 Å². The highest BCUT2D eigenvalue weighted by molar-refractivity contribution is 5.99. The molecule has 144 valence electrons. The Morgan fingerprint density at radius 1 is 1.07 bits per heavy atom. The van der Waals surface area contributed by atoms with Crippen molar-refractivity contribution in [2.24, 2.45) is 5.92 Å². The molecule has 1 aliphatic heterocycles. The molecule has 0 aliphatic carbocycles. The second-order valence-corrected chi connectivity index (χ2v) is 6.75. The second-order valence-electron chi connectivity index (χ2n) is 6.75. The zero-order chi connectivity index (χ0) is 20.3. The van der Waals surface area contributed by atoms with Crippen LogP contribution in [0.4, 0.5) is 13.2 Å². The maximum absolute atomic E-state index is 12.7. The minimum Gasteiger partial charge on any atom is -0.338 e. The van der Waals surface area contributed by atoms with Crippen LogP contribution in [-0.2, 0) is 6.18 Å². The summed E-state index contributed by atoms with van der Waals surface area (Å²) >= 11 is 0. The quantitative estimate of drug-likeness (QED) is 0.579. The number of halogens is 3. The molecule has 1 atom stereocenters. The van der Waals surface area contributed by atoms with Gasteiger partial charge in [-0.05, 0) is 43.2 Å². The van der Waals surface area contributed by atoms with E-state index in [4.69, 9.17) is 6.42 Å². The van der Waals surface area contributed by atoms with Gasteiger partial charge in [0.25, 0.3) is 5.91 Å². The minimum atomic E-state index is -4.44. The molecule has 3 rings (SSSR count). The van der Waals surface area contributed by atoms with E-state index in [9.17, 15) is 22.8 Å². The van der Waals surface area contributed by atoms with Gasteiger partial charge >= 0.3 is 6.18 Å². The van der Waals surface area contributed by atoms with Crippen molar-refractivity contribution in [2.75, 3.05) is 13.1 Å². The maximum Gasteiger partial charge on any atom is 0.416 e. The van der Waals surface area contributed by atoms with Crippen molar-refractivity contribution in [1.82, 2.24) is 4.90 Å². The topological polar surface area (TPSA) is 37.4 Å². The van der Waals surface area contributed by atoms with Gasteiger partial charge in [-0.2, -0.15) is 13.2 Å². The summed E-state index contributed by atoms with van der Waals surface area (Å²) in [7, 11) is 0. The third-order valence-corrected chi connectivity index (χ3v) is 4.85. The van der Waals surface area contributed by atoms with Gasteiger partial charge in [-0.15, -0.1) is 6.42 Å². The summed E-state index contributed by atoms with van der Waals surface area (Å²) < 4.78 is 38.1. The van der Waals surface area contributed by atoms with Gasteiger partial charge in [0.2, 0.25) is 0 Å². The molecule has 0 unspecified atom stereocenters. The predicted molar refractivity (Wildman–Crippen MR) is 98.8 cm³/mol. The number of alkyl halides is 3. The first-order valence-electron chi connectivity index (χ1n) is 8.87. The van der Waals surface area contributed by atoms with Crippen molar-refractivity contribution < 1.29 is 22.8 Å². The summed E-state index contributed by atoms with van der Waals surface area (Å²) in [6.07, 6.45) is 2.17. The van der Waals surface area contributed by atoms with Crippen LogP contribution in [0.1, 0.15) is 44.7 Å². The summed E-state index contributed by atoms with van der Waals surface area (Å²) in [6, 6.07) is 10.9. The number of ketones is 1. The Morgan fingerprint density at radius 2 is 1.79 bits per heavy atom. The number of amides is 1. The molecule has 3 nitrogen and oxygen atoms in total. The lowest BCUT2D eigenvalue weighted by atomic mass is 9.89. The first-order valence-corrected chi connectivity index (χ1v) is 8.87. The fourth-order valence-electron chi connectivity index (χ4n) is 3.36. The molecule has 0 N–H and O–H groups in total. The van der Waals surface area contributed by atoms with Crippen molar-refractivity contribution in [3.8, 4) is 12.3 Å². The van der Waals surface area contributed by atoms with E-state index in [1.54, 1.807) is 29.2 Å². The van der Waals surface area contributed by atoms with Gasteiger partial charge in [-0.3, -0.25) is 9.59 Å². The standard InChI is InChI=1S/C22H18F3NO2/c1-2-15-5-3-6-17(13-15)21(28)26-12-4-7-18(14-26)20(27)16-8-10-19(11-9-16)22(23,24)25/h1,3,5-6,8-11,13,18H,4,7,12,14H2/t18-/m1/s1. The lowest BCUT2D eigenvalue weighted by Gasteiger charge is -2.32. The molecule has 0 radical (unpaired) electrons. The summed E-state index contributed by atoms with van der Waals surface area (Å²) in [5, 5.41) is 0. The Labute approximate surface area is 161 Å². The molecule has 1 fully saturated rings. The van der Waals surface area contributed by atoms with E-state index in [-0.39, 0.29) is 23.8 Å². The van der Waals surface area contributed by atoms with E-state index in [2.05, 4.69) is 5.92 Å². The van der Waals surface area contributed by atoms with Crippen LogP contribution >= 0.6 is 0 Å². The number of carbonyl (C=O) groups is 2. The number of nitrogens with zero attached hydrogens (tertiary/aromatic N) is 1. The first-order chi connectivity index (χ1) is 13.3. The summed E-state index contributed by atoms with van der Waals surface area (Å²) in [5.74, 6) is 1.59. The number of benzene rings is 2. The van der Waals surface area contributed by atoms with Crippen LogP contribution in [0.15, 0.2) is 48.5 Å². The molecule has 1 heterocycles. The molecule has 0 bridgehead atoms. The molecular formula is C22H18F3NO2. The lowest BCUT2D eigenvalue weighted by molar-refractivity contribution is -0.137. The monoisotopic (exact) mass is 385 g/mol. The zero-order valence-corrected chi connectivity index (χ0v) is 15.0. The Bertz CT molecular complexity index is 926. The van der Waals surface area contributed by atoms with E-state index in [1.165, 1.54) is 12.1 Å². The highest BCUT2D eigenvalue weighted by Crippen LogP contribution is 2.30. The molecule has 0 saturated carbocycles. The number of carbonyl (C=O) groups excluding carboxylic acids is 2. The van der Waals surface area contributed by atoms with Crippen molar-refractivity contribution in [2.45, 2.75) is 19.0 Å². The van der Waals surface area contributed by atoms with Crippen LogP contribution in [0.3, 0.4) is 0 Å². The Hall–Kier alpha value is -3.07. The van der Waals surface area contributed by atoms with Crippen molar-refractivity contribution in [3.63, 3.8) is 0 Å². The Balaban J connectivity index is 1.73. The van der Waals surface area contributed by atoms with Gasteiger partial charge in [0, 0.05) is 35.7 Å². The summed E-state index contributed by atoms with van der Waals surface area (Å²) in [6.45, 7) is 0.759. The van der Waals surface area contributed by atoms with Crippen LogP contribution < -0.4 is 0 Å². The largest absolute Gasteiger partial charge is 0.416 e. The van der Waals surface area contributed by atoms with E-state index >= 15 is 0 Å². The molecule has 6 heteroatoms. The number of terminal acetylenes is 1. The molecule has 0 spiro atoms. The normalized spacial score (nSPS) is 17.1. The van der Waals surface area contributed by atoms with E-state index < -0.39 is 17.7 Å². The maximum atomic E-state index is 12.7. The van der Waals surface area contributed by atoms with Gasteiger partial charge in [0.05, 0.1) is 5.56 Å². The third kappa shape index (κ3) is 4.25. The minimum absolute atomic E-state index is 0.206. The van der Waals surface area contributed by atoms with Gasteiger partial charge in [0.1, 0.15) is 0 Å². The number of hydrogen-bond acceptors (Lipinski definition) is 2. The average Bonchev–Trinajstić information content (AvgIpc) is 2.72. The molecule has 2 aromatic rings. The summed E-state index contributed by atoms with van der Waals surface area (Å²) in [5.41, 5.74) is 0.484. The Morgan fingerprint density at radius 3 is 2.43 bits per heavy atom. The van der Waals surface area contributed by atoms with Crippen LogP contribution in [0.2, 0.25) is 0 Å². The highest BCUT2D eigenvalue weighted by atomic mass is 19.4. The van der Waals surface area contributed by atoms with E-state index in [0.717, 1.165) is 12.1 Å². The van der Waals surface area contributed by atoms with Crippen molar-refractivity contribution in [1.29, 1.82) is 0 Å². The fraction of sp³-hybridized carbons (Fsp3) is 0.273. The molecule has 2 aromatic carbocycles. The van der Waals surface area contributed by atoms with E-state index in [0.29, 0.717) is 30.5 Å². The third-order valence-electron chi connectivity index (χ3n) is 4.85. The smallest absolute Gasteiger partial charge is 0.338 e. The van der Waals surface area contributed by atoms with Crippen LogP contribution in [0, 0.1) is 18.3 Å².